The molecule has 4 rings (SSSR count). The van der Waals surface area contributed by atoms with Crippen LogP contribution in [0.2, 0.25) is 0 Å². The van der Waals surface area contributed by atoms with E-state index in [1.807, 2.05) is 74.6 Å². The third-order valence-corrected chi connectivity index (χ3v) is 7.24. The second kappa shape index (κ2) is 10.5. The van der Waals surface area contributed by atoms with Gasteiger partial charge in [0.2, 0.25) is 0 Å². The molecule has 0 radical (unpaired) electrons. The number of aliphatic hydroxyl groups is 1. The van der Waals surface area contributed by atoms with Gasteiger partial charge in [-0.05, 0) is 74.3 Å². The van der Waals surface area contributed by atoms with E-state index in [0.29, 0.717) is 31.0 Å². The SMILES string of the molecule is Cc1cc(/C(O)=C2/C(=O)C(=O)N(CCN(C)C)C2c2sccc2C)ccc1OCc1ccccc1. The maximum Gasteiger partial charge on any atom is 0.295 e. The number of ether oxygens (including phenoxy) is 1. The lowest BCUT2D eigenvalue weighted by atomic mass is 9.97. The van der Waals surface area contributed by atoms with Crippen LogP contribution in [0.4, 0.5) is 0 Å². The summed E-state index contributed by atoms with van der Waals surface area (Å²) in [4.78, 5) is 30.6. The molecule has 1 aromatic heterocycles. The molecule has 2 heterocycles. The molecule has 1 fully saturated rings. The second-order valence-corrected chi connectivity index (χ2v) is 9.97. The van der Waals surface area contributed by atoms with Gasteiger partial charge in [0.25, 0.3) is 11.7 Å². The van der Waals surface area contributed by atoms with Gasteiger partial charge in [0.1, 0.15) is 18.1 Å². The summed E-state index contributed by atoms with van der Waals surface area (Å²) in [7, 11) is 3.85. The van der Waals surface area contributed by atoms with Crippen LogP contribution in [-0.2, 0) is 16.2 Å². The van der Waals surface area contributed by atoms with Gasteiger partial charge in [-0.3, -0.25) is 9.59 Å². The summed E-state index contributed by atoms with van der Waals surface area (Å²) in [6.07, 6.45) is 0. The van der Waals surface area contributed by atoms with E-state index in [1.54, 1.807) is 23.1 Å². The van der Waals surface area contributed by atoms with Crippen molar-refractivity contribution in [2.45, 2.75) is 26.5 Å². The van der Waals surface area contributed by atoms with Crippen molar-refractivity contribution in [3.05, 3.63) is 92.7 Å². The number of aliphatic hydroxyl groups excluding tert-OH is 1. The molecular weight excluding hydrogens is 460 g/mol. The van der Waals surface area contributed by atoms with Crippen LogP contribution in [0.1, 0.15) is 33.2 Å². The Bertz CT molecular complexity index is 1260. The Balaban J connectivity index is 1.69. The predicted molar refractivity (Wildman–Crippen MR) is 139 cm³/mol. The first-order valence-corrected chi connectivity index (χ1v) is 12.4. The lowest BCUT2D eigenvalue weighted by Gasteiger charge is -2.26. The summed E-state index contributed by atoms with van der Waals surface area (Å²) in [6.45, 7) is 5.29. The third kappa shape index (κ3) is 5.16. The summed E-state index contributed by atoms with van der Waals surface area (Å²) in [6, 6.07) is 16.6. The van der Waals surface area contributed by atoms with E-state index >= 15 is 0 Å². The van der Waals surface area contributed by atoms with Gasteiger partial charge >= 0.3 is 0 Å². The van der Waals surface area contributed by atoms with Crippen LogP contribution in [-0.4, -0.2) is 53.8 Å². The minimum atomic E-state index is -0.652. The Morgan fingerprint density at radius 3 is 2.43 bits per heavy atom. The van der Waals surface area contributed by atoms with Crippen LogP contribution in [0.15, 0.2) is 65.6 Å². The molecule has 7 heteroatoms. The molecule has 6 nitrogen and oxygen atoms in total. The smallest absolute Gasteiger partial charge is 0.295 e. The van der Waals surface area contributed by atoms with Crippen LogP contribution in [0.25, 0.3) is 5.76 Å². The van der Waals surface area contributed by atoms with E-state index in [9.17, 15) is 14.7 Å². The predicted octanol–water partition coefficient (Wildman–Crippen LogP) is 4.93. The molecule has 1 aliphatic heterocycles. The molecule has 1 aliphatic rings. The van der Waals surface area contributed by atoms with Gasteiger partial charge in [-0.1, -0.05) is 30.3 Å². The summed E-state index contributed by atoms with van der Waals surface area (Å²) >= 11 is 1.49. The van der Waals surface area contributed by atoms with E-state index < -0.39 is 17.7 Å². The van der Waals surface area contributed by atoms with Crippen LogP contribution in [0.3, 0.4) is 0 Å². The number of rotatable bonds is 8. The molecule has 1 atom stereocenters. The molecule has 0 saturated carbocycles. The summed E-state index contributed by atoms with van der Waals surface area (Å²) in [5.74, 6) is -0.694. The molecule has 0 aliphatic carbocycles. The molecule has 1 unspecified atom stereocenters. The van der Waals surface area contributed by atoms with Crippen LogP contribution >= 0.6 is 11.3 Å². The largest absolute Gasteiger partial charge is 0.507 e. The average Bonchev–Trinajstić information content (AvgIpc) is 3.37. The number of thiophene rings is 1. The number of likely N-dealkylation sites (N-methyl/N-ethyl adjacent to an activating group) is 1. The number of benzene rings is 2. The number of ketones is 1. The highest BCUT2D eigenvalue weighted by molar-refractivity contribution is 7.10. The van der Waals surface area contributed by atoms with Crippen molar-refractivity contribution in [3.63, 3.8) is 0 Å². The number of carbonyl (C=O) groups is 2. The van der Waals surface area contributed by atoms with E-state index in [2.05, 4.69) is 0 Å². The summed E-state index contributed by atoms with van der Waals surface area (Å²) in [5, 5.41) is 13.3. The fourth-order valence-corrected chi connectivity index (χ4v) is 5.25. The van der Waals surface area contributed by atoms with Gasteiger partial charge in [-0.15, -0.1) is 11.3 Å². The molecule has 35 heavy (non-hydrogen) atoms. The monoisotopic (exact) mass is 490 g/mol. The number of likely N-dealkylation sites (tertiary alicyclic amines) is 1. The molecular formula is C28H30N2O4S. The van der Waals surface area contributed by atoms with E-state index in [0.717, 1.165) is 21.6 Å². The Hall–Kier alpha value is -3.42. The number of carbonyl (C=O) groups excluding carboxylic acids is 2. The van der Waals surface area contributed by atoms with Crippen LogP contribution in [0, 0.1) is 13.8 Å². The first-order valence-electron chi connectivity index (χ1n) is 11.5. The zero-order valence-electron chi connectivity index (χ0n) is 20.4. The molecule has 1 N–H and O–H groups in total. The first kappa shape index (κ1) is 24.7. The number of Topliss-reactive ketones (excluding diaryl/α,β-unsaturated/α-hetero) is 1. The third-order valence-electron chi connectivity index (χ3n) is 6.16. The highest BCUT2D eigenvalue weighted by Gasteiger charge is 2.46. The zero-order chi connectivity index (χ0) is 25.1. The quantitative estimate of drug-likeness (QED) is 0.276. The van der Waals surface area contributed by atoms with E-state index in [-0.39, 0.29) is 11.3 Å². The van der Waals surface area contributed by atoms with Crippen molar-refractivity contribution in [1.82, 2.24) is 9.80 Å². The number of amides is 1. The van der Waals surface area contributed by atoms with Gasteiger partial charge in [-0.2, -0.15) is 0 Å². The number of hydrogen-bond donors (Lipinski definition) is 1. The summed E-state index contributed by atoms with van der Waals surface area (Å²) in [5.41, 5.74) is 3.50. The maximum absolute atomic E-state index is 13.2. The fourth-order valence-electron chi connectivity index (χ4n) is 4.20. The lowest BCUT2D eigenvalue weighted by Crippen LogP contribution is -2.35. The molecule has 2 aromatic carbocycles. The van der Waals surface area contributed by atoms with Gasteiger partial charge in [0, 0.05) is 23.5 Å². The van der Waals surface area contributed by atoms with Crippen molar-refractivity contribution < 1.29 is 19.4 Å². The van der Waals surface area contributed by atoms with Crippen molar-refractivity contribution in [2.24, 2.45) is 0 Å². The maximum atomic E-state index is 13.2. The van der Waals surface area contributed by atoms with Crippen molar-refractivity contribution >= 4 is 28.8 Å². The minimum absolute atomic E-state index is 0.136. The Kier molecular flexibility index (Phi) is 7.38. The number of nitrogens with zero attached hydrogens (tertiary/aromatic N) is 2. The Morgan fingerprint density at radius 1 is 1.06 bits per heavy atom. The van der Waals surface area contributed by atoms with E-state index in [4.69, 9.17) is 4.74 Å². The normalized spacial score (nSPS) is 17.4. The lowest BCUT2D eigenvalue weighted by molar-refractivity contribution is -0.140. The molecule has 182 valence electrons. The Morgan fingerprint density at radius 2 is 1.80 bits per heavy atom. The number of hydrogen-bond acceptors (Lipinski definition) is 6. The van der Waals surface area contributed by atoms with Crippen LogP contribution in [0.5, 0.6) is 5.75 Å². The average molecular weight is 491 g/mol. The molecule has 0 spiro atoms. The minimum Gasteiger partial charge on any atom is -0.507 e. The van der Waals surface area contributed by atoms with Gasteiger partial charge in [0.15, 0.2) is 0 Å². The highest BCUT2D eigenvalue weighted by Crippen LogP contribution is 2.42. The highest BCUT2D eigenvalue weighted by atomic mass is 32.1. The zero-order valence-corrected chi connectivity index (χ0v) is 21.3. The van der Waals surface area contributed by atoms with Crippen molar-refractivity contribution in [2.75, 3.05) is 27.2 Å². The molecule has 1 saturated heterocycles. The second-order valence-electron chi connectivity index (χ2n) is 9.02. The van der Waals surface area contributed by atoms with Crippen molar-refractivity contribution in [1.29, 1.82) is 0 Å². The molecule has 3 aromatic rings. The topological polar surface area (TPSA) is 70.1 Å². The molecule has 0 bridgehead atoms. The number of aryl methyl sites for hydroxylation is 2. The van der Waals surface area contributed by atoms with Gasteiger partial charge in [0.05, 0.1) is 11.6 Å². The van der Waals surface area contributed by atoms with Gasteiger partial charge in [-0.25, -0.2) is 0 Å². The van der Waals surface area contributed by atoms with Crippen LogP contribution < -0.4 is 4.74 Å². The summed E-state index contributed by atoms with van der Waals surface area (Å²) < 4.78 is 5.96. The van der Waals surface area contributed by atoms with Gasteiger partial charge < -0.3 is 19.6 Å². The molecule has 1 amide bonds. The Labute approximate surface area is 210 Å². The first-order chi connectivity index (χ1) is 16.8. The van der Waals surface area contributed by atoms with E-state index in [1.165, 1.54) is 11.3 Å². The fraction of sp³-hybridized carbons (Fsp3) is 0.286. The standard InChI is InChI=1S/C28H30N2O4S/c1-18-12-15-35-27(18)24-23(26(32)28(33)30(24)14-13-29(3)4)25(31)21-10-11-22(19(2)16-21)34-17-20-8-6-5-7-9-20/h5-12,15-16,24,31H,13-14,17H2,1-4H3/b25-23-. The van der Waals surface area contributed by atoms with Crippen molar-refractivity contribution in [3.8, 4) is 5.75 Å².